The Hall–Kier alpha value is -0.500. The summed E-state index contributed by atoms with van der Waals surface area (Å²) in [4.78, 5) is 4.38. The van der Waals surface area contributed by atoms with Gasteiger partial charge in [-0.15, -0.1) is 11.6 Å². The highest BCUT2D eigenvalue weighted by Gasteiger charge is 2.22. The standard InChI is InChI=1S/C10H15ClN2/c1-13-6-10(12-7-13)8-3-2-4-9(11)5-8/h6-9H,2-5H2,1H3. The highest BCUT2D eigenvalue weighted by Crippen LogP contribution is 2.34. The van der Waals surface area contributed by atoms with E-state index >= 15 is 0 Å². The molecule has 0 amide bonds. The summed E-state index contributed by atoms with van der Waals surface area (Å²) < 4.78 is 2.01. The van der Waals surface area contributed by atoms with E-state index in [9.17, 15) is 0 Å². The van der Waals surface area contributed by atoms with Crippen LogP contribution < -0.4 is 0 Å². The van der Waals surface area contributed by atoms with Crippen LogP contribution in [0, 0.1) is 0 Å². The van der Waals surface area contributed by atoms with Gasteiger partial charge in [0.1, 0.15) is 0 Å². The minimum atomic E-state index is 0.362. The minimum Gasteiger partial charge on any atom is -0.340 e. The molecule has 1 aromatic rings. The van der Waals surface area contributed by atoms with Crippen LogP contribution in [0.4, 0.5) is 0 Å². The van der Waals surface area contributed by atoms with Crippen molar-refractivity contribution < 1.29 is 0 Å². The fourth-order valence-corrected chi connectivity index (χ4v) is 2.41. The van der Waals surface area contributed by atoms with E-state index in [4.69, 9.17) is 11.6 Å². The molecule has 2 unspecified atom stereocenters. The molecule has 0 saturated heterocycles. The summed E-state index contributed by atoms with van der Waals surface area (Å²) in [6.45, 7) is 0. The van der Waals surface area contributed by atoms with Gasteiger partial charge in [0.2, 0.25) is 0 Å². The van der Waals surface area contributed by atoms with Gasteiger partial charge in [-0.25, -0.2) is 4.98 Å². The molecule has 13 heavy (non-hydrogen) atoms. The second-order valence-corrected chi connectivity index (χ2v) is 4.54. The topological polar surface area (TPSA) is 17.8 Å². The van der Waals surface area contributed by atoms with E-state index < -0.39 is 0 Å². The Bertz CT molecular complexity index is 282. The van der Waals surface area contributed by atoms with Crippen LogP contribution in [0.5, 0.6) is 0 Å². The maximum Gasteiger partial charge on any atom is 0.0946 e. The molecule has 1 aromatic heterocycles. The monoisotopic (exact) mass is 198 g/mol. The molecule has 0 bridgehead atoms. The highest BCUT2D eigenvalue weighted by molar-refractivity contribution is 6.20. The van der Waals surface area contributed by atoms with Crippen LogP contribution in [0.25, 0.3) is 0 Å². The van der Waals surface area contributed by atoms with Gasteiger partial charge in [-0.2, -0.15) is 0 Å². The molecule has 0 N–H and O–H groups in total. The molecule has 0 aromatic carbocycles. The van der Waals surface area contributed by atoms with Gasteiger partial charge in [0.25, 0.3) is 0 Å². The maximum atomic E-state index is 6.13. The van der Waals surface area contributed by atoms with Gasteiger partial charge in [0.05, 0.1) is 12.0 Å². The average Bonchev–Trinajstić information content (AvgIpc) is 2.52. The van der Waals surface area contributed by atoms with Crippen molar-refractivity contribution >= 4 is 11.6 Å². The highest BCUT2D eigenvalue weighted by atomic mass is 35.5. The smallest absolute Gasteiger partial charge is 0.0946 e. The van der Waals surface area contributed by atoms with Gasteiger partial charge in [0, 0.05) is 24.5 Å². The van der Waals surface area contributed by atoms with Gasteiger partial charge in [-0.1, -0.05) is 6.42 Å². The van der Waals surface area contributed by atoms with E-state index in [0.717, 1.165) is 6.42 Å². The number of imidazole rings is 1. The lowest BCUT2D eigenvalue weighted by Gasteiger charge is -2.23. The predicted molar refractivity (Wildman–Crippen MR) is 54.1 cm³/mol. The molecular weight excluding hydrogens is 184 g/mol. The van der Waals surface area contributed by atoms with Gasteiger partial charge in [-0.3, -0.25) is 0 Å². The molecule has 1 aliphatic carbocycles. The first-order valence-corrected chi connectivity index (χ1v) is 5.31. The van der Waals surface area contributed by atoms with Gasteiger partial charge < -0.3 is 4.57 Å². The summed E-state index contributed by atoms with van der Waals surface area (Å²) >= 11 is 6.13. The SMILES string of the molecule is Cn1cnc(C2CCCC(Cl)C2)c1. The zero-order valence-corrected chi connectivity index (χ0v) is 8.67. The summed E-state index contributed by atoms with van der Waals surface area (Å²) in [6.07, 6.45) is 8.74. The quantitative estimate of drug-likeness (QED) is 0.635. The van der Waals surface area contributed by atoms with Gasteiger partial charge in [-0.05, 0) is 19.3 Å². The summed E-state index contributed by atoms with van der Waals surface area (Å²) in [5, 5.41) is 0.362. The zero-order valence-electron chi connectivity index (χ0n) is 7.91. The molecule has 2 rings (SSSR count). The van der Waals surface area contributed by atoms with Gasteiger partial charge >= 0.3 is 0 Å². The molecule has 1 heterocycles. The first-order chi connectivity index (χ1) is 6.25. The Morgan fingerprint density at radius 2 is 2.38 bits per heavy atom. The van der Waals surface area contributed by atoms with Crippen LogP contribution in [-0.2, 0) is 7.05 Å². The van der Waals surface area contributed by atoms with Crippen molar-refractivity contribution in [2.45, 2.75) is 37.0 Å². The second-order valence-electron chi connectivity index (χ2n) is 3.92. The fraction of sp³-hybridized carbons (Fsp3) is 0.700. The third-order valence-electron chi connectivity index (χ3n) is 2.75. The van der Waals surface area contributed by atoms with Gasteiger partial charge in [0.15, 0.2) is 0 Å². The van der Waals surface area contributed by atoms with E-state index in [1.54, 1.807) is 0 Å². The lowest BCUT2D eigenvalue weighted by atomic mass is 9.87. The van der Waals surface area contributed by atoms with E-state index in [1.807, 2.05) is 17.9 Å². The molecule has 72 valence electrons. The van der Waals surface area contributed by atoms with Crippen LogP contribution in [0.3, 0.4) is 0 Å². The van der Waals surface area contributed by atoms with Crippen LogP contribution >= 0.6 is 11.6 Å². The molecule has 2 atom stereocenters. The van der Waals surface area contributed by atoms with Crippen LogP contribution in [-0.4, -0.2) is 14.9 Å². The number of aryl methyl sites for hydroxylation is 1. The number of alkyl halides is 1. The normalized spacial score (nSPS) is 29.1. The Morgan fingerprint density at radius 1 is 1.54 bits per heavy atom. The molecular formula is C10H15ClN2. The number of aromatic nitrogens is 2. The molecule has 1 saturated carbocycles. The maximum absolute atomic E-state index is 6.13. The lowest BCUT2D eigenvalue weighted by Crippen LogP contribution is -2.14. The molecule has 0 radical (unpaired) electrons. The lowest BCUT2D eigenvalue weighted by molar-refractivity contribution is 0.443. The van der Waals surface area contributed by atoms with Crippen molar-refractivity contribution in [3.8, 4) is 0 Å². The molecule has 1 aliphatic rings. The van der Waals surface area contributed by atoms with Crippen LogP contribution in [0.1, 0.15) is 37.3 Å². The average molecular weight is 199 g/mol. The van der Waals surface area contributed by atoms with E-state index in [1.165, 1.54) is 25.0 Å². The Morgan fingerprint density at radius 3 is 3.00 bits per heavy atom. The second kappa shape index (κ2) is 3.70. The summed E-state index contributed by atoms with van der Waals surface area (Å²) in [5.41, 5.74) is 1.22. The van der Waals surface area contributed by atoms with Crippen molar-refractivity contribution in [3.05, 3.63) is 18.2 Å². The Labute approximate surface area is 83.9 Å². The largest absolute Gasteiger partial charge is 0.340 e. The van der Waals surface area contributed by atoms with Crippen molar-refractivity contribution in [1.29, 1.82) is 0 Å². The fourth-order valence-electron chi connectivity index (χ4n) is 2.04. The first kappa shape index (κ1) is 9.07. The number of hydrogen-bond donors (Lipinski definition) is 0. The number of nitrogens with zero attached hydrogens (tertiary/aromatic N) is 2. The summed E-state index contributed by atoms with van der Waals surface area (Å²) in [5.74, 6) is 0.595. The molecule has 2 nitrogen and oxygen atoms in total. The van der Waals surface area contributed by atoms with E-state index in [-0.39, 0.29) is 0 Å². The minimum absolute atomic E-state index is 0.362. The number of halogens is 1. The molecule has 0 aliphatic heterocycles. The number of hydrogen-bond acceptors (Lipinski definition) is 1. The first-order valence-electron chi connectivity index (χ1n) is 4.87. The molecule has 3 heteroatoms. The van der Waals surface area contributed by atoms with Crippen molar-refractivity contribution in [3.63, 3.8) is 0 Å². The Kier molecular flexibility index (Phi) is 2.58. The number of rotatable bonds is 1. The predicted octanol–water partition coefficient (Wildman–Crippen LogP) is 2.69. The third kappa shape index (κ3) is 2.05. The summed E-state index contributed by atoms with van der Waals surface area (Å²) in [6, 6.07) is 0. The van der Waals surface area contributed by atoms with Crippen LogP contribution in [0.2, 0.25) is 0 Å². The van der Waals surface area contributed by atoms with Crippen LogP contribution in [0.15, 0.2) is 12.5 Å². The molecule has 0 spiro atoms. The Balaban J connectivity index is 2.08. The van der Waals surface area contributed by atoms with E-state index in [0.29, 0.717) is 11.3 Å². The zero-order chi connectivity index (χ0) is 9.26. The van der Waals surface area contributed by atoms with Crippen molar-refractivity contribution in [2.75, 3.05) is 0 Å². The third-order valence-corrected chi connectivity index (χ3v) is 3.15. The van der Waals surface area contributed by atoms with Crippen molar-refractivity contribution in [2.24, 2.45) is 7.05 Å². The summed E-state index contributed by atoms with van der Waals surface area (Å²) in [7, 11) is 2.01. The molecule has 1 fully saturated rings. The van der Waals surface area contributed by atoms with Crippen molar-refractivity contribution in [1.82, 2.24) is 9.55 Å². The van der Waals surface area contributed by atoms with E-state index in [2.05, 4.69) is 11.2 Å².